The van der Waals surface area contributed by atoms with Gasteiger partial charge in [-0.2, -0.15) is 0 Å². The van der Waals surface area contributed by atoms with Crippen LogP contribution in [-0.4, -0.2) is 60.6 Å². The standard InChI is InChI=1S/C14H31N2OS/c1-6-9-11-16(8-3,10-7-2)12-13-18-14(17)15(4)5/h6-13H2,1-5H3/q+1. The van der Waals surface area contributed by atoms with Gasteiger partial charge in [-0.15, -0.1) is 0 Å². The zero-order valence-corrected chi connectivity index (χ0v) is 13.7. The zero-order valence-electron chi connectivity index (χ0n) is 12.9. The topological polar surface area (TPSA) is 20.3 Å². The smallest absolute Gasteiger partial charge is 0.281 e. The first-order valence-corrected chi connectivity index (χ1v) is 8.19. The number of quaternary nitrogens is 1. The van der Waals surface area contributed by atoms with E-state index in [9.17, 15) is 4.79 Å². The summed E-state index contributed by atoms with van der Waals surface area (Å²) in [6, 6.07) is 0. The Morgan fingerprint density at radius 2 is 1.72 bits per heavy atom. The number of thioether (sulfide) groups is 1. The lowest BCUT2D eigenvalue weighted by Gasteiger charge is -2.37. The molecule has 0 heterocycles. The predicted molar refractivity (Wildman–Crippen MR) is 82.1 cm³/mol. The number of unbranched alkanes of at least 4 members (excludes halogenated alkanes) is 1. The maximum absolute atomic E-state index is 11.6. The van der Waals surface area contributed by atoms with Gasteiger partial charge in [0.05, 0.1) is 31.9 Å². The molecule has 0 spiro atoms. The molecule has 0 radical (unpaired) electrons. The number of hydrogen-bond donors (Lipinski definition) is 0. The highest BCUT2D eigenvalue weighted by molar-refractivity contribution is 8.13. The summed E-state index contributed by atoms with van der Waals surface area (Å²) >= 11 is 1.46. The molecule has 1 amide bonds. The van der Waals surface area contributed by atoms with Crippen molar-refractivity contribution in [1.29, 1.82) is 0 Å². The second-order valence-corrected chi connectivity index (χ2v) is 6.24. The van der Waals surface area contributed by atoms with E-state index in [1.165, 1.54) is 55.1 Å². The monoisotopic (exact) mass is 275 g/mol. The highest BCUT2D eigenvalue weighted by Crippen LogP contribution is 2.15. The molecule has 1 unspecified atom stereocenters. The molecule has 0 bridgehead atoms. The molecule has 3 nitrogen and oxygen atoms in total. The molecule has 0 aromatic rings. The Morgan fingerprint density at radius 1 is 1.06 bits per heavy atom. The molecule has 0 aliphatic heterocycles. The van der Waals surface area contributed by atoms with Crippen molar-refractivity contribution < 1.29 is 9.28 Å². The van der Waals surface area contributed by atoms with Crippen molar-refractivity contribution in [2.24, 2.45) is 0 Å². The van der Waals surface area contributed by atoms with Crippen LogP contribution in [0.5, 0.6) is 0 Å². The average molecular weight is 275 g/mol. The van der Waals surface area contributed by atoms with Gasteiger partial charge in [0.15, 0.2) is 0 Å². The molecule has 0 aromatic heterocycles. The first kappa shape index (κ1) is 17.8. The van der Waals surface area contributed by atoms with E-state index in [1.54, 1.807) is 4.90 Å². The Labute approximate surface area is 117 Å². The third kappa shape index (κ3) is 6.64. The maximum Gasteiger partial charge on any atom is 0.281 e. The molecule has 0 aliphatic rings. The fourth-order valence-electron chi connectivity index (χ4n) is 2.23. The molecule has 4 heteroatoms. The van der Waals surface area contributed by atoms with Gasteiger partial charge >= 0.3 is 0 Å². The minimum absolute atomic E-state index is 0.177. The van der Waals surface area contributed by atoms with Crippen LogP contribution in [0.15, 0.2) is 0 Å². The van der Waals surface area contributed by atoms with Crippen molar-refractivity contribution in [2.75, 3.05) is 46.0 Å². The van der Waals surface area contributed by atoms with E-state index in [0.717, 1.165) is 12.3 Å². The quantitative estimate of drug-likeness (QED) is 0.601. The van der Waals surface area contributed by atoms with Gasteiger partial charge in [-0.1, -0.05) is 32.0 Å². The van der Waals surface area contributed by atoms with Crippen LogP contribution in [0, 0.1) is 0 Å². The van der Waals surface area contributed by atoms with E-state index in [0.29, 0.717) is 0 Å². The van der Waals surface area contributed by atoms with E-state index in [1.807, 2.05) is 14.1 Å². The zero-order chi connectivity index (χ0) is 14.0. The average Bonchev–Trinajstić information content (AvgIpc) is 2.35. The normalized spacial score (nSPS) is 14.3. The lowest BCUT2D eigenvalue weighted by Crippen LogP contribution is -2.50. The Balaban J connectivity index is 4.26. The molecule has 108 valence electrons. The van der Waals surface area contributed by atoms with Crippen LogP contribution in [-0.2, 0) is 0 Å². The highest BCUT2D eigenvalue weighted by atomic mass is 32.2. The molecule has 0 saturated carbocycles. The number of nitrogens with zero attached hydrogens (tertiary/aromatic N) is 2. The molecule has 0 aromatic carbocycles. The van der Waals surface area contributed by atoms with Crippen molar-refractivity contribution >= 4 is 17.0 Å². The summed E-state index contributed by atoms with van der Waals surface area (Å²) in [7, 11) is 3.64. The van der Waals surface area contributed by atoms with Crippen molar-refractivity contribution in [1.82, 2.24) is 4.90 Å². The van der Waals surface area contributed by atoms with Crippen molar-refractivity contribution in [2.45, 2.75) is 40.0 Å². The summed E-state index contributed by atoms with van der Waals surface area (Å²) in [6.45, 7) is 11.6. The number of carbonyl (C=O) groups excluding carboxylic acids is 1. The third-order valence-corrected chi connectivity index (χ3v) is 4.51. The van der Waals surface area contributed by atoms with Crippen LogP contribution in [0.2, 0.25) is 0 Å². The molecular weight excluding hydrogens is 244 g/mol. The Kier molecular flexibility index (Phi) is 9.56. The van der Waals surface area contributed by atoms with Crippen LogP contribution in [0.25, 0.3) is 0 Å². The van der Waals surface area contributed by atoms with E-state index in [4.69, 9.17) is 0 Å². The van der Waals surface area contributed by atoms with Gasteiger partial charge in [0.25, 0.3) is 5.24 Å². The van der Waals surface area contributed by atoms with Crippen LogP contribution in [0.3, 0.4) is 0 Å². The summed E-state index contributed by atoms with van der Waals surface area (Å²) in [5, 5.41) is 0.177. The summed E-state index contributed by atoms with van der Waals surface area (Å²) in [5.41, 5.74) is 0. The van der Waals surface area contributed by atoms with Crippen molar-refractivity contribution in [3.8, 4) is 0 Å². The minimum Gasteiger partial charge on any atom is -0.340 e. The lowest BCUT2D eigenvalue weighted by atomic mass is 10.2. The van der Waals surface area contributed by atoms with Gasteiger partial charge in [-0.25, -0.2) is 0 Å². The predicted octanol–water partition coefficient (Wildman–Crippen LogP) is 3.45. The van der Waals surface area contributed by atoms with Crippen molar-refractivity contribution in [3.63, 3.8) is 0 Å². The van der Waals surface area contributed by atoms with E-state index >= 15 is 0 Å². The fourth-order valence-corrected chi connectivity index (χ4v) is 3.14. The summed E-state index contributed by atoms with van der Waals surface area (Å²) < 4.78 is 1.18. The molecule has 0 N–H and O–H groups in total. The molecule has 18 heavy (non-hydrogen) atoms. The fraction of sp³-hybridized carbons (Fsp3) is 0.929. The number of hydrogen-bond acceptors (Lipinski definition) is 2. The first-order chi connectivity index (χ1) is 8.51. The number of rotatable bonds is 9. The largest absolute Gasteiger partial charge is 0.340 e. The van der Waals surface area contributed by atoms with Crippen molar-refractivity contribution in [3.05, 3.63) is 0 Å². The molecular formula is C14H31N2OS+. The van der Waals surface area contributed by atoms with Gasteiger partial charge in [-0.05, 0) is 19.8 Å². The SMILES string of the molecule is CCCC[N+](CC)(CCC)CCSC(=O)N(C)C. The number of amides is 1. The summed E-state index contributed by atoms with van der Waals surface area (Å²) in [5.74, 6) is 0.939. The van der Waals surface area contributed by atoms with Gasteiger partial charge < -0.3 is 9.38 Å². The minimum atomic E-state index is 0.177. The molecule has 0 fully saturated rings. The van der Waals surface area contributed by atoms with Gasteiger partial charge in [0.1, 0.15) is 0 Å². The maximum atomic E-state index is 11.6. The van der Waals surface area contributed by atoms with Gasteiger partial charge in [0, 0.05) is 14.1 Å². The second kappa shape index (κ2) is 9.68. The van der Waals surface area contributed by atoms with E-state index in [2.05, 4.69) is 20.8 Å². The first-order valence-electron chi connectivity index (χ1n) is 7.20. The highest BCUT2D eigenvalue weighted by Gasteiger charge is 2.23. The molecule has 1 atom stereocenters. The van der Waals surface area contributed by atoms with Crippen LogP contribution in [0.4, 0.5) is 4.79 Å². The molecule has 0 saturated heterocycles. The van der Waals surface area contributed by atoms with Crippen LogP contribution in [0.1, 0.15) is 40.0 Å². The van der Waals surface area contributed by atoms with Crippen LogP contribution < -0.4 is 0 Å². The number of carbonyl (C=O) groups is 1. The second-order valence-electron chi connectivity index (χ2n) is 5.19. The summed E-state index contributed by atoms with van der Waals surface area (Å²) in [6.07, 6.45) is 3.78. The lowest BCUT2D eigenvalue weighted by molar-refractivity contribution is -0.924. The third-order valence-electron chi connectivity index (χ3n) is 3.51. The Hall–Kier alpha value is -0.220. The Morgan fingerprint density at radius 3 is 2.17 bits per heavy atom. The summed E-state index contributed by atoms with van der Waals surface area (Å²) in [4.78, 5) is 13.2. The van der Waals surface area contributed by atoms with Crippen LogP contribution >= 0.6 is 11.8 Å². The Bertz CT molecular complexity index is 234. The molecule has 0 rings (SSSR count). The van der Waals surface area contributed by atoms with E-state index < -0.39 is 0 Å². The molecule has 0 aliphatic carbocycles. The van der Waals surface area contributed by atoms with E-state index in [-0.39, 0.29) is 5.24 Å². The van der Waals surface area contributed by atoms with Gasteiger partial charge in [0.2, 0.25) is 0 Å². The van der Waals surface area contributed by atoms with Gasteiger partial charge in [-0.3, -0.25) is 4.79 Å².